The van der Waals surface area contributed by atoms with Gasteiger partial charge in [-0.05, 0) is 25.0 Å². The summed E-state index contributed by atoms with van der Waals surface area (Å²) < 4.78 is 27.1. The van der Waals surface area contributed by atoms with E-state index in [9.17, 15) is 23.2 Å². The minimum atomic E-state index is -0.837. The fraction of sp³-hybridized carbons (Fsp3) is 0.526. The van der Waals surface area contributed by atoms with Crippen molar-refractivity contribution in [3.63, 3.8) is 0 Å². The van der Waals surface area contributed by atoms with E-state index in [0.29, 0.717) is 45.1 Å². The number of carbonyl (C=O) groups excluding carboxylic acids is 3. The molecule has 1 aromatic carbocycles. The van der Waals surface area contributed by atoms with Gasteiger partial charge in [0.15, 0.2) is 0 Å². The van der Waals surface area contributed by atoms with Crippen LogP contribution in [0.2, 0.25) is 0 Å². The molecule has 1 aromatic rings. The number of likely N-dealkylation sites (tertiary alicyclic amines) is 1. The maximum absolute atomic E-state index is 14.0. The van der Waals surface area contributed by atoms with E-state index in [2.05, 4.69) is 5.32 Å². The predicted molar refractivity (Wildman–Crippen MR) is 98.2 cm³/mol. The number of halogens is 2. The Morgan fingerprint density at radius 1 is 1.21 bits per heavy atom. The number of piperidine rings is 1. The molecule has 7 nitrogen and oxygen atoms in total. The number of nitrogens with two attached hydrogens (primary N) is 1. The molecule has 0 aliphatic carbocycles. The molecule has 2 unspecified atom stereocenters. The minimum absolute atomic E-state index is 0.0283. The Balaban J connectivity index is 1.64. The summed E-state index contributed by atoms with van der Waals surface area (Å²) in [6.07, 6.45) is 1.36. The Morgan fingerprint density at radius 2 is 2.00 bits per heavy atom. The number of anilines is 1. The van der Waals surface area contributed by atoms with Gasteiger partial charge in [0.05, 0.1) is 17.5 Å². The van der Waals surface area contributed by atoms with E-state index in [4.69, 9.17) is 5.73 Å². The fourth-order valence-electron chi connectivity index (χ4n) is 3.80. The SMILES string of the molecule is NCCNC(=O)C1CCCN(C(=O)C2CC(=O)N(c3ccc(F)cc3F)C2)C1. The van der Waals surface area contributed by atoms with Crippen LogP contribution in [0.5, 0.6) is 0 Å². The first-order valence-corrected chi connectivity index (χ1v) is 9.42. The summed E-state index contributed by atoms with van der Waals surface area (Å²) >= 11 is 0. The number of rotatable bonds is 5. The van der Waals surface area contributed by atoms with Gasteiger partial charge in [-0.3, -0.25) is 14.4 Å². The second kappa shape index (κ2) is 8.64. The third kappa shape index (κ3) is 4.30. The van der Waals surface area contributed by atoms with Crippen molar-refractivity contribution in [3.8, 4) is 0 Å². The van der Waals surface area contributed by atoms with Crippen molar-refractivity contribution in [1.82, 2.24) is 10.2 Å². The average molecular weight is 394 g/mol. The van der Waals surface area contributed by atoms with Crippen molar-refractivity contribution < 1.29 is 23.2 Å². The largest absolute Gasteiger partial charge is 0.355 e. The molecule has 3 amide bonds. The Morgan fingerprint density at radius 3 is 2.71 bits per heavy atom. The van der Waals surface area contributed by atoms with Crippen LogP contribution >= 0.6 is 0 Å². The summed E-state index contributed by atoms with van der Waals surface area (Å²) in [6.45, 7) is 1.60. The molecule has 0 saturated carbocycles. The van der Waals surface area contributed by atoms with Crippen LogP contribution in [0, 0.1) is 23.5 Å². The number of nitrogens with zero attached hydrogens (tertiary/aromatic N) is 2. The van der Waals surface area contributed by atoms with Crippen LogP contribution in [0.3, 0.4) is 0 Å². The zero-order valence-corrected chi connectivity index (χ0v) is 15.5. The number of hydrogen-bond donors (Lipinski definition) is 2. The molecule has 2 fully saturated rings. The molecular formula is C19H24F2N4O3. The minimum Gasteiger partial charge on any atom is -0.355 e. The van der Waals surface area contributed by atoms with Gasteiger partial charge in [-0.25, -0.2) is 8.78 Å². The lowest BCUT2D eigenvalue weighted by Crippen LogP contribution is -2.48. The fourth-order valence-corrected chi connectivity index (χ4v) is 3.80. The number of benzene rings is 1. The molecule has 3 rings (SSSR count). The molecule has 0 bridgehead atoms. The molecule has 0 aromatic heterocycles. The van der Waals surface area contributed by atoms with Crippen molar-refractivity contribution in [3.05, 3.63) is 29.8 Å². The van der Waals surface area contributed by atoms with Crippen molar-refractivity contribution in [1.29, 1.82) is 0 Å². The quantitative estimate of drug-likeness (QED) is 0.766. The maximum Gasteiger partial charge on any atom is 0.228 e. The first kappa shape index (κ1) is 20.2. The summed E-state index contributed by atoms with van der Waals surface area (Å²) in [5.74, 6) is -3.19. The zero-order valence-electron chi connectivity index (χ0n) is 15.5. The van der Waals surface area contributed by atoms with E-state index < -0.39 is 17.6 Å². The molecule has 152 valence electrons. The highest BCUT2D eigenvalue weighted by atomic mass is 19.1. The van der Waals surface area contributed by atoms with Gasteiger partial charge in [0.1, 0.15) is 11.6 Å². The molecular weight excluding hydrogens is 370 g/mol. The van der Waals surface area contributed by atoms with E-state index in [1.807, 2.05) is 0 Å². The number of hydrogen-bond acceptors (Lipinski definition) is 4. The van der Waals surface area contributed by atoms with Gasteiger partial charge in [-0.15, -0.1) is 0 Å². The maximum atomic E-state index is 14.0. The van der Waals surface area contributed by atoms with Gasteiger partial charge in [0, 0.05) is 45.2 Å². The molecule has 28 heavy (non-hydrogen) atoms. The normalized spacial score (nSPS) is 22.5. The first-order chi connectivity index (χ1) is 13.4. The topological polar surface area (TPSA) is 95.7 Å². The van der Waals surface area contributed by atoms with E-state index >= 15 is 0 Å². The summed E-state index contributed by atoms with van der Waals surface area (Å²) in [7, 11) is 0. The molecule has 2 aliphatic rings. The lowest BCUT2D eigenvalue weighted by molar-refractivity contribution is -0.139. The van der Waals surface area contributed by atoms with Gasteiger partial charge in [-0.2, -0.15) is 0 Å². The van der Waals surface area contributed by atoms with Gasteiger partial charge < -0.3 is 20.9 Å². The van der Waals surface area contributed by atoms with Crippen molar-refractivity contribution >= 4 is 23.4 Å². The smallest absolute Gasteiger partial charge is 0.228 e. The molecule has 2 atom stereocenters. The van der Waals surface area contributed by atoms with Crippen molar-refractivity contribution in [2.75, 3.05) is 37.6 Å². The standard InChI is InChI=1S/C19H24F2N4O3/c20-14-3-4-16(15(21)9-14)25-11-13(8-17(25)26)19(28)24-7-1-2-12(10-24)18(27)23-6-5-22/h3-4,9,12-13H,1-2,5-8,10-11,22H2,(H,23,27). The van der Waals surface area contributed by atoms with Crippen molar-refractivity contribution in [2.24, 2.45) is 17.6 Å². The van der Waals surface area contributed by atoms with E-state index in [1.165, 1.54) is 11.0 Å². The summed E-state index contributed by atoms with van der Waals surface area (Å²) in [4.78, 5) is 40.2. The van der Waals surface area contributed by atoms with Crippen LogP contribution in [0.1, 0.15) is 19.3 Å². The van der Waals surface area contributed by atoms with Gasteiger partial charge in [-0.1, -0.05) is 0 Å². The highest BCUT2D eigenvalue weighted by molar-refractivity contribution is 6.00. The second-order valence-corrected chi connectivity index (χ2v) is 7.20. The number of carbonyl (C=O) groups is 3. The monoisotopic (exact) mass is 394 g/mol. The number of nitrogens with one attached hydrogen (secondary N) is 1. The number of amides is 3. The predicted octanol–water partition coefficient (Wildman–Crippen LogP) is 0.631. The average Bonchev–Trinajstić information content (AvgIpc) is 3.07. The molecule has 0 spiro atoms. The van der Waals surface area contributed by atoms with Crippen LogP contribution in [-0.2, 0) is 14.4 Å². The van der Waals surface area contributed by atoms with E-state index in [-0.39, 0.29) is 42.3 Å². The third-order valence-corrected chi connectivity index (χ3v) is 5.22. The lowest BCUT2D eigenvalue weighted by atomic mass is 9.95. The Bertz CT molecular complexity index is 774. The van der Waals surface area contributed by atoms with Gasteiger partial charge in [0.25, 0.3) is 0 Å². The Kier molecular flexibility index (Phi) is 6.23. The third-order valence-electron chi connectivity index (χ3n) is 5.22. The van der Waals surface area contributed by atoms with Crippen LogP contribution in [0.15, 0.2) is 18.2 Å². The molecule has 2 aliphatic heterocycles. The molecule has 0 radical (unpaired) electrons. The van der Waals surface area contributed by atoms with Crippen LogP contribution < -0.4 is 16.0 Å². The second-order valence-electron chi connectivity index (χ2n) is 7.20. The van der Waals surface area contributed by atoms with Crippen LogP contribution in [0.25, 0.3) is 0 Å². The molecule has 2 saturated heterocycles. The van der Waals surface area contributed by atoms with Crippen LogP contribution in [-0.4, -0.2) is 55.3 Å². The summed E-state index contributed by atoms with van der Waals surface area (Å²) in [6, 6.07) is 3.00. The Labute approximate surface area is 161 Å². The molecule has 3 N–H and O–H groups in total. The highest BCUT2D eigenvalue weighted by Crippen LogP contribution is 2.30. The van der Waals surface area contributed by atoms with E-state index in [0.717, 1.165) is 6.07 Å². The summed E-state index contributed by atoms with van der Waals surface area (Å²) in [5.41, 5.74) is 5.37. The van der Waals surface area contributed by atoms with Crippen LogP contribution in [0.4, 0.5) is 14.5 Å². The van der Waals surface area contributed by atoms with E-state index in [1.54, 1.807) is 4.90 Å². The Hall–Kier alpha value is -2.55. The van der Waals surface area contributed by atoms with Crippen molar-refractivity contribution in [2.45, 2.75) is 19.3 Å². The lowest BCUT2D eigenvalue weighted by Gasteiger charge is -2.33. The highest BCUT2D eigenvalue weighted by Gasteiger charge is 2.39. The first-order valence-electron chi connectivity index (χ1n) is 9.42. The van der Waals surface area contributed by atoms with Gasteiger partial charge >= 0.3 is 0 Å². The zero-order chi connectivity index (χ0) is 20.3. The van der Waals surface area contributed by atoms with Gasteiger partial charge in [0.2, 0.25) is 17.7 Å². The summed E-state index contributed by atoms with van der Waals surface area (Å²) in [5, 5.41) is 2.74. The molecule has 2 heterocycles. The molecule has 9 heteroatoms.